The molecule has 8 N–H and O–H groups in total. The molecule has 2 aromatic rings. The van der Waals surface area contributed by atoms with E-state index in [-0.39, 0.29) is 23.9 Å². The molecular weight excluding hydrogens is 905 g/mol. The van der Waals surface area contributed by atoms with Crippen LogP contribution in [-0.2, 0) is 19.2 Å². The van der Waals surface area contributed by atoms with Gasteiger partial charge in [-0.1, -0.05) is 90.2 Å². The van der Waals surface area contributed by atoms with Crippen molar-refractivity contribution in [1.82, 2.24) is 20.4 Å². The fraction of sp³-hybridized carbons (Fsp3) is 0.692. The monoisotopic (exact) mass is 987 g/mol. The molecule has 4 heterocycles. The summed E-state index contributed by atoms with van der Waals surface area (Å²) in [4.78, 5) is 49.4. The number of aliphatic hydroxyl groups excluding tert-OH is 4. The summed E-state index contributed by atoms with van der Waals surface area (Å²) in [6.45, 7) is 12.0. The molecule has 2 saturated heterocycles. The van der Waals surface area contributed by atoms with E-state index < -0.39 is 36.4 Å². The van der Waals surface area contributed by atoms with Crippen LogP contribution in [-0.4, -0.2) is 154 Å². The van der Waals surface area contributed by atoms with Crippen molar-refractivity contribution in [1.29, 1.82) is 0 Å². The van der Waals surface area contributed by atoms with Crippen molar-refractivity contribution in [3.8, 4) is 23.0 Å². The lowest BCUT2D eigenvalue weighted by Crippen LogP contribution is -2.46. The predicted octanol–water partition coefficient (Wildman–Crippen LogP) is 5.52. The molecule has 0 radical (unpaired) electrons. The van der Waals surface area contributed by atoms with E-state index >= 15 is 0 Å². The van der Waals surface area contributed by atoms with E-state index in [1.807, 2.05) is 36.4 Å². The van der Waals surface area contributed by atoms with E-state index in [0.29, 0.717) is 75.4 Å². The number of hydrogen-bond donors (Lipinski definition) is 8. The minimum atomic E-state index is -2.27. The normalized spacial score (nSPS) is 17.9. The number of aliphatic carboxylic acids is 2. The van der Waals surface area contributed by atoms with Crippen molar-refractivity contribution >= 4 is 23.8 Å². The average Bonchev–Trinajstić information content (AvgIpc) is 4.10. The molecule has 18 heteroatoms. The van der Waals surface area contributed by atoms with Gasteiger partial charge in [0.15, 0.2) is 35.2 Å². The Morgan fingerprint density at radius 1 is 0.500 bits per heavy atom. The lowest BCUT2D eigenvalue weighted by molar-refractivity contribution is -0.165. The second-order valence-electron chi connectivity index (χ2n) is 18.7. The number of nitrogens with one attached hydrogen (secondary N) is 2. The number of ether oxygens (including phenoxy) is 4. The van der Waals surface area contributed by atoms with Gasteiger partial charge in [-0.3, -0.25) is 9.59 Å². The number of benzene rings is 2. The topological polar surface area (TPSA) is 257 Å². The Bertz CT molecular complexity index is 1730. The first kappa shape index (κ1) is 57.9. The molecule has 2 aromatic carbocycles. The van der Waals surface area contributed by atoms with Crippen LogP contribution in [0.1, 0.15) is 153 Å². The number of carbonyl (C=O) groups is 4. The standard InChI is InChI=1S/2C24H38N2O4.C4H6O6/c2*1-2-3-4-5-6-7-10-23(27)25-20(18-26-13-8-9-14-26)24(28)19-11-12-21-22(17-19)30-16-15-29-21;5-1(3(7)8)2(6)4(9)10/h2*11-12,17,20,24,28H,2-10,13-16,18H2,1H3,(H,25,27);1-2,5-6H,(H,7,8)(H,9,10)/t2*20-,24-;/m11./s1. The van der Waals surface area contributed by atoms with Crippen molar-refractivity contribution in [2.45, 2.75) is 166 Å². The number of carboxylic acid groups (broad SMARTS) is 2. The van der Waals surface area contributed by atoms with E-state index in [0.717, 1.165) is 63.0 Å². The van der Waals surface area contributed by atoms with Gasteiger partial charge in [-0.25, -0.2) is 9.59 Å². The van der Waals surface area contributed by atoms with Crippen molar-refractivity contribution < 1.29 is 68.8 Å². The number of carboxylic acids is 2. The van der Waals surface area contributed by atoms with E-state index in [2.05, 4.69) is 34.3 Å². The third kappa shape index (κ3) is 20.6. The molecule has 0 bridgehead atoms. The number of likely N-dealkylation sites (tertiary alicyclic amines) is 2. The summed E-state index contributed by atoms with van der Waals surface area (Å²) in [6, 6.07) is 10.4. The molecule has 2 amide bonds. The number of aliphatic hydroxyl groups is 4. The number of hydrogen-bond acceptors (Lipinski definition) is 14. The number of unbranched alkanes of at least 4 members (excludes halogenated alkanes) is 10. The molecule has 6 atom stereocenters. The molecule has 6 rings (SSSR count). The van der Waals surface area contributed by atoms with Crippen molar-refractivity contribution in [2.75, 3.05) is 65.7 Å². The molecule has 2 unspecified atom stereocenters. The third-order valence-corrected chi connectivity index (χ3v) is 12.9. The first-order valence-corrected chi connectivity index (χ1v) is 25.8. The van der Waals surface area contributed by atoms with Crippen LogP contribution in [0.3, 0.4) is 0 Å². The number of carbonyl (C=O) groups excluding carboxylic acids is 2. The van der Waals surface area contributed by atoms with Crippen LogP contribution in [0, 0.1) is 0 Å². The fourth-order valence-corrected chi connectivity index (χ4v) is 8.85. The zero-order chi connectivity index (χ0) is 50.7. The Kier molecular flexibility index (Phi) is 26.7. The van der Waals surface area contributed by atoms with Gasteiger partial charge in [0, 0.05) is 25.9 Å². The molecular formula is C52H82N4O14. The Morgan fingerprint density at radius 2 is 0.829 bits per heavy atom. The van der Waals surface area contributed by atoms with Gasteiger partial charge in [0.2, 0.25) is 11.8 Å². The van der Waals surface area contributed by atoms with Crippen LogP contribution >= 0.6 is 0 Å². The number of fused-ring (bicyclic) bond motifs is 2. The highest BCUT2D eigenvalue weighted by atomic mass is 16.6. The van der Waals surface area contributed by atoms with Gasteiger partial charge < -0.3 is 70.0 Å². The SMILES string of the molecule is CCCCCCCCC(=O)N[C@H](CN1CCCC1)[C@H](O)c1ccc2c(c1)OCCO2.CCCCCCCCC(=O)N[C@H](CN1CCCC1)[C@H](O)c1ccc2c(c1)OCCO2.O=C(O)C(O)C(O)C(=O)O. The van der Waals surface area contributed by atoms with Gasteiger partial charge in [-0.05, 0) is 100 Å². The van der Waals surface area contributed by atoms with E-state index in [1.54, 1.807) is 0 Å². The molecule has 2 fully saturated rings. The van der Waals surface area contributed by atoms with Gasteiger partial charge in [0.25, 0.3) is 0 Å². The van der Waals surface area contributed by atoms with Gasteiger partial charge >= 0.3 is 11.9 Å². The second-order valence-corrected chi connectivity index (χ2v) is 18.7. The summed E-state index contributed by atoms with van der Waals surface area (Å²) >= 11 is 0. The molecule has 0 saturated carbocycles. The minimum absolute atomic E-state index is 0.0336. The third-order valence-electron chi connectivity index (χ3n) is 12.9. The first-order chi connectivity index (χ1) is 33.8. The molecule has 18 nitrogen and oxygen atoms in total. The van der Waals surface area contributed by atoms with Gasteiger partial charge in [0.1, 0.15) is 38.6 Å². The fourth-order valence-electron chi connectivity index (χ4n) is 8.85. The lowest BCUT2D eigenvalue weighted by Gasteiger charge is -2.29. The predicted molar refractivity (Wildman–Crippen MR) is 263 cm³/mol. The molecule has 0 spiro atoms. The van der Waals surface area contributed by atoms with Crippen molar-refractivity contribution in [2.24, 2.45) is 0 Å². The van der Waals surface area contributed by atoms with Crippen LogP contribution in [0.2, 0.25) is 0 Å². The average molecular weight is 987 g/mol. The van der Waals surface area contributed by atoms with Crippen LogP contribution in [0.15, 0.2) is 36.4 Å². The molecule has 70 heavy (non-hydrogen) atoms. The maximum Gasteiger partial charge on any atom is 0.335 e. The molecule has 0 aromatic heterocycles. The molecule has 394 valence electrons. The first-order valence-electron chi connectivity index (χ1n) is 25.8. The smallest absolute Gasteiger partial charge is 0.335 e. The number of nitrogens with zero attached hydrogens (tertiary/aromatic N) is 2. The van der Waals surface area contributed by atoms with Crippen LogP contribution in [0.5, 0.6) is 23.0 Å². The van der Waals surface area contributed by atoms with Crippen LogP contribution in [0.25, 0.3) is 0 Å². The largest absolute Gasteiger partial charge is 0.486 e. The lowest BCUT2D eigenvalue weighted by atomic mass is 10.0. The Hall–Kier alpha value is -4.72. The number of rotatable bonds is 27. The van der Waals surface area contributed by atoms with Crippen LogP contribution in [0.4, 0.5) is 0 Å². The molecule has 0 aliphatic carbocycles. The highest BCUT2D eigenvalue weighted by Crippen LogP contribution is 2.35. The van der Waals surface area contributed by atoms with Crippen molar-refractivity contribution in [3.63, 3.8) is 0 Å². The quantitative estimate of drug-likeness (QED) is 0.0513. The zero-order valence-electron chi connectivity index (χ0n) is 41.6. The van der Waals surface area contributed by atoms with Crippen LogP contribution < -0.4 is 29.6 Å². The zero-order valence-corrected chi connectivity index (χ0v) is 41.6. The van der Waals surface area contributed by atoms with E-state index in [4.69, 9.17) is 39.4 Å². The van der Waals surface area contributed by atoms with Gasteiger partial charge in [-0.2, -0.15) is 0 Å². The van der Waals surface area contributed by atoms with E-state index in [1.165, 1.54) is 77.0 Å². The summed E-state index contributed by atoms with van der Waals surface area (Å²) < 4.78 is 22.5. The highest BCUT2D eigenvalue weighted by Gasteiger charge is 2.31. The minimum Gasteiger partial charge on any atom is -0.486 e. The Morgan fingerprint density at radius 3 is 1.17 bits per heavy atom. The maximum absolute atomic E-state index is 12.6. The summed E-state index contributed by atoms with van der Waals surface area (Å²) in [6.07, 6.45) is 13.6. The summed E-state index contributed by atoms with van der Waals surface area (Å²) in [5, 5.41) is 61.0. The molecule has 4 aliphatic rings. The van der Waals surface area contributed by atoms with Gasteiger partial charge in [-0.15, -0.1) is 0 Å². The summed E-state index contributed by atoms with van der Waals surface area (Å²) in [7, 11) is 0. The second kappa shape index (κ2) is 32.3. The van der Waals surface area contributed by atoms with Crippen molar-refractivity contribution in [3.05, 3.63) is 47.5 Å². The summed E-state index contributed by atoms with van der Waals surface area (Å²) in [5.41, 5.74) is 1.51. The molecule has 4 aliphatic heterocycles. The summed E-state index contributed by atoms with van der Waals surface area (Å²) in [5.74, 6) is -0.726. The number of amides is 2. The Balaban J connectivity index is 0.000000255. The Labute approximate surface area is 414 Å². The van der Waals surface area contributed by atoms with Gasteiger partial charge in [0.05, 0.1) is 12.1 Å². The highest BCUT2D eigenvalue weighted by molar-refractivity contribution is 5.83. The maximum atomic E-state index is 12.6. The van der Waals surface area contributed by atoms with E-state index in [9.17, 15) is 29.4 Å².